The van der Waals surface area contributed by atoms with Crippen molar-refractivity contribution in [1.29, 1.82) is 0 Å². The summed E-state index contributed by atoms with van der Waals surface area (Å²) in [5.74, 6) is 0.954. The van der Waals surface area contributed by atoms with Gasteiger partial charge in [0, 0.05) is 50.9 Å². The number of fused-ring (bicyclic) bond motifs is 1. The van der Waals surface area contributed by atoms with Crippen LogP contribution < -0.4 is 10.6 Å². The number of nitrogens with zero attached hydrogens (tertiary/aromatic N) is 4. The van der Waals surface area contributed by atoms with Crippen LogP contribution >= 0.6 is 0 Å². The number of carbonyl (C=O) groups excluding carboxylic acids is 3. The van der Waals surface area contributed by atoms with Crippen molar-refractivity contribution >= 4 is 23.7 Å². The van der Waals surface area contributed by atoms with Crippen molar-refractivity contribution < 1.29 is 27.6 Å². The third-order valence-corrected chi connectivity index (χ3v) is 10.6. The van der Waals surface area contributed by atoms with Crippen LogP contribution in [-0.2, 0) is 23.9 Å². The van der Waals surface area contributed by atoms with Crippen LogP contribution in [0.1, 0.15) is 55.2 Å². The van der Waals surface area contributed by atoms with E-state index in [9.17, 15) is 27.6 Å². The van der Waals surface area contributed by atoms with Crippen LogP contribution in [0.3, 0.4) is 0 Å². The van der Waals surface area contributed by atoms with Crippen molar-refractivity contribution in [2.75, 3.05) is 51.6 Å². The molecule has 4 heterocycles. The maximum Gasteiger partial charge on any atom is 0.416 e. The highest BCUT2D eigenvalue weighted by atomic mass is 19.4. The molecule has 9 nitrogen and oxygen atoms in total. The average molecular weight is 655 g/mol. The molecular formula is C35H45F3N6O3. The Morgan fingerprint density at radius 1 is 0.872 bits per heavy atom. The van der Waals surface area contributed by atoms with E-state index < -0.39 is 23.8 Å². The number of hydrogen-bond donors (Lipinski definition) is 2. The molecule has 2 N–H and O–H groups in total. The number of para-hydroxylation sites is 1. The number of amides is 5. The third-order valence-electron chi connectivity index (χ3n) is 10.6. The Morgan fingerprint density at radius 3 is 2.19 bits per heavy atom. The fourth-order valence-electron chi connectivity index (χ4n) is 7.76. The van der Waals surface area contributed by atoms with Crippen molar-refractivity contribution in [3.05, 3.63) is 65.2 Å². The monoisotopic (exact) mass is 654 g/mol. The highest BCUT2D eigenvalue weighted by Crippen LogP contribution is 2.33. The van der Waals surface area contributed by atoms with E-state index in [-0.39, 0.29) is 24.4 Å². The molecule has 0 aromatic heterocycles. The molecule has 5 amide bonds. The number of urea groups is 2. The summed E-state index contributed by atoms with van der Waals surface area (Å²) >= 11 is 0. The maximum absolute atomic E-state index is 13.9. The first-order chi connectivity index (χ1) is 22.5. The number of alkyl halides is 3. The van der Waals surface area contributed by atoms with E-state index in [1.165, 1.54) is 6.07 Å². The number of carbonyl (C=O) groups is 3. The van der Waals surface area contributed by atoms with Gasteiger partial charge in [-0.3, -0.25) is 4.79 Å². The number of hydrogen-bond acceptors (Lipinski definition) is 4. The molecule has 0 spiro atoms. The fourth-order valence-corrected chi connectivity index (χ4v) is 7.76. The van der Waals surface area contributed by atoms with Gasteiger partial charge >= 0.3 is 18.2 Å². The molecule has 4 aliphatic rings. The SMILES string of the molecule is CN1CCC(C2CCN(C(=O)C(Cc3cccc(C(F)(F)F)c3)NC(=O)N3CCC(N4Cc5ccccc5NC4=O)CC3)CC2)CC1. The van der Waals surface area contributed by atoms with Crippen molar-refractivity contribution in [2.24, 2.45) is 11.8 Å². The maximum atomic E-state index is 13.9. The van der Waals surface area contributed by atoms with Gasteiger partial charge in [0.1, 0.15) is 6.04 Å². The summed E-state index contributed by atoms with van der Waals surface area (Å²) < 4.78 is 40.5. The number of rotatable bonds is 6. The van der Waals surface area contributed by atoms with Crippen LogP contribution in [0.4, 0.5) is 28.4 Å². The van der Waals surface area contributed by atoms with Gasteiger partial charge in [-0.2, -0.15) is 13.2 Å². The van der Waals surface area contributed by atoms with Crippen molar-refractivity contribution in [3.63, 3.8) is 0 Å². The van der Waals surface area contributed by atoms with Crippen molar-refractivity contribution in [3.8, 4) is 0 Å². The molecule has 12 heteroatoms. The predicted molar refractivity (Wildman–Crippen MR) is 173 cm³/mol. The Kier molecular flexibility index (Phi) is 9.96. The van der Waals surface area contributed by atoms with Gasteiger partial charge < -0.3 is 30.2 Å². The molecule has 47 heavy (non-hydrogen) atoms. The highest BCUT2D eigenvalue weighted by Gasteiger charge is 2.37. The fraction of sp³-hybridized carbons (Fsp3) is 0.571. The van der Waals surface area contributed by atoms with Gasteiger partial charge in [-0.15, -0.1) is 0 Å². The lowest BCUT2D eigenvalue weighted by Crippen LogP contribution is -2.57. The first-order valence-electron chi connectivity index (χ1n) is 16.9. The van der Waals surface area contributed by atoms with Gasteiger partial charge in [0.25, 0.3) is 0 Å². The number of halogens is 3. The Hall–Kier alpha value is -3.80. The first kappa shape index (κ1) is 33.1. The smallest absolute Gasteiger partial charge is 0.341 e. The van der Waals surface area contributed by atoms with Gasteiger partial charge in [-0.05, 0) is 93.8 Å². The van der Waals surface area contributed by atoms with Crippen LogP contribution in [0.5, 0.6) is 0 Å². The molecule has 0 aliphatic carbocycles. The van der Waals surface area contributed by atoms with Gasteiger partial charge in [0.15, 0.2) is 0 Å². The number of piperidine rings is 3. The minimum atomic E-state index is -4.51. The molecule has 1 unspecified atom stereocenters. The summed E-state index contributed by atoms with van der Waals surface area (Å²) in [6.07, 6.45) is 0.739. The van der Waals surface area contributed by atoms with Crippen LogP contribution in [0.2, 0.25) is 0 Å². The first-order valence-corrected chi connectivity index (χ1v) is 16.9. The van der Waals surface area contributed by atoms with Crippen molar-refractivity contribution in [2.45, 2.75) is 69.8 Å². The number of anilines is 1. The largest absolute Gasteiger partial charge is 0.416 e. The average Bonchev–Trinajstić information content (AvgIpc) is 3.07. The molecule has 254 valence electrons. The second kappa shape index (κ2) is 14.1. The minimum Gasteiger partial charge on any atom is -0.341 e. The van der Waals surface area contributed by atoms with E-state index in [1.54, 1.807) is 15.9 Å². The standard InChI is InChI=1S/C35H45F3N6O3/c1-41-15-9-25(10-16-41)26-11-17-42(18-12-26)32(45)31(22-24-5-4-7-28(21-24)35(36,37)38)40-33(46)43-19-13-29(14-20-43)44-23-27-6-2-3-8-30(27)39-34(44)47/h2-8,21,25-26,29,31H,9-20,22-23H2,1H3,(H,39,47)(H,40,46). The Labute approximate surface area is 274 Å². The molecule has 2 aromatic carbocycles. The zero-order valence-electron chi connectivity index (χ0n) is 27.0. The Bertz CT molecular complexity index is 1430. The quantitative estimate of drug-likeness (QED) is 0.436. The van der Waals surface area contributed by atoms with E-state index in [1.807, 2.05) is 29.2 Å². The van der Waals surface area contributed by atoms with E-state index >= 15 is 0 Å². The number of benzene rings is 2. The zero-order valence-corrected chi connectivity index (χ0v) is 27.0. The topological polar surface area (TPSA) is 88.2 Å². The summed E-state index contributed by atoms with van der Waals surface area (Å²) in [5, 5.41) is 5.85. The van der Waals surface area contributed by atoms with E-state index in [0.717, 1.165) is 62.2 Å². The van der Waals surface area contributed by atoms with Gasteiger partial charge in [0.05, 0.1) is 5.56 Å². The van der Waals surface area contributed by atoms with Crippen molar-refractivity contribution in [1.82, 2.24) is 24.9 Å². The second-order valence-electron chi connectivity index (χ2n) is 13.6. The molecular weight excluding hydrogens is 609 g/mol. The lowest BCUT2D eigenvalue weighted by atomic mass is 9.79. The summed E-state index contributed by atoms with van der Waals surface area (Å²) in [5.41, 5.74) is 1.42. The van der Waals surface area contributed by atoms with Gasteiger partial charge in [0.2, 0.25) is 5.91 Å². The summed E-state index contributed by atoms with van der Waals surface area (Å²) in [6, 6.07) is 11.1. The second-order valence-corrected chi connectivity index (χ2v) is 13.6. The molecule has 1 atom stereocenters. The zero-order chi connectivity index (χ0) is 33.1. The summed E-state index contributed by atoms with van der Waals surface area (Å²) in [6.45, 7) is 4.63. The third kappa shape index (κ3) is 7.85. The molecule has 3 saturated heterocycles. The van der Waals surface area contributed by atoms with Gasteiger partial charge in [-0.1, -0.05) is 36.4 Å². The lowest BCUT2D eigenvalue weighted by Gasteiger charge is -2.41. The van der Waals surface area contributed by atoms with E-state index in [4.69, 9.17) is 0 Å². The van der Waals surface area contributed by atoms with E-state index in [2.05, 4.69) is 22.6 Å². The number of likely N-dealkylation sites (tertiary alicyclic amines) is 3. The molecule has 3 fully saturated rings. The lowest BCUT2D eigenvalue weighted by molar-refractivity contribution is -0.137. The molecule has 2 aromatic rings. The van der Waals surface area contributed by atoms with Crippen LogP contribution in [0, 0.1) is 11.8 Å². The van der Waals surface area contributed by atoms with Crippen LogP contribution in [-0.4, -0.2) is 96.0 Å². The normalized spacial score (nSPS) is 21.3. The Morgan fingerprint density at radius 2 is 1.51 bits per heavy atom. The molecule has 0 radical (unpaired) electrons. The molecule has 6 rings (SSSR count). The molecule has 0 bridgehead atoms. The molecule has 0 saturated carbocycles. The van der Waals surface area contributed by atoms with Gasteiger partial charge in [-0.25, -0.2) is 9.59 Å². The molecule has 4 aliphatic heterocycles. The van der Waals surface area contributed by atoms with Crippen LogP contribution in [0.25, 0.3) is 0 Å². The minimum absolute atomic E-state index is 0.0345. The van der Waals surface area contributed by atoms with E-state index in [0.29, 0.717) is 63.0 Å². The summed E-state index contributed by atoms with van der Waals surface area (Å²) in [7, 11) is 2.14. The Balaban J connectivity index is 1.09. The van der Waals surface area contributed by atoms with Crippen LogP contribution in [0.15, 0.2) is 48.5 Å². The predicted octanol–water partition coefficient (Wildman–Crippen LogP) is 5.42. The summed E-state index contributed by atoms with van der Waals surface area (Å²) in [4.78, 5) is 47.9. The highest BCUT2D eigenvalue weighted by molar-refractivity contribution is 5.92. The number of nitrogens with one attached hydrogen (secondary N) is 2.